The second kappa shape index (κ2) is 5.46. The zero-order chi connectivity index (χ0) is 14.9. The number of amides is 1. The van der Waals surface area contributed by atoms with Gasteiger partial charge in [-0.2, -0.15) is 4.98 Å². The number of thiophene rings is 1. The monoisotopic (exact) mass is 313 g/mol. The first kappa shape index (κ1) is 13.3. The second-order valence-electron chi connectivity index (χ2n) is 5.22. The van der Waals surface area contributed by atoms with E-state index in [-0.39, 0.29) is 5.91 Å². The van der Waals surface area contributed by atoms with Gasteiger partial charge in [0.15, 0.2) is 5.58 Å². The fourth-order valence-corrected chi connectivity index (χ4v) is 3.34. The third-order valence-electron chi connectivity index (χ3n) is 3.85. The standard InChI is InChI=1S/C16H15N3O2S/c20-15(14-6-3-11-22-14)18-7-9-19(10-8-18)16-17-12-4-1-2-5-13(12)21-16/h1-6,11H,7-10H2. The Bertz CT molecular complexity index is 756. The third-order valence-corrected chi connectivity index (χ3v) is 4.71. The number of oxazole rings is 1. The number of carbonyl (C=O) groups is 1. The Labute approximate surface area is 131 Å². The Morgan fingerprint density at radius 1 is 1.09 bits per heavy atom. The molecule has 0 atom stereocenters. The Hall–Kier alpha value is -2.34. The molecular formula is C16H15N3O2S. The number of piperazine rings is 1. The molecule has 3 aromatic rings. The van der Waals surface area contributed by atoms with Gasteiger partial charge < -0.3 is 14.2 Å². The Morgan fingerprint density at radius 2 is 1.91 bits per heavy atom. The molecule has 0 bridgehead atoms. The van der Waals surface area contributed by atoms with E-state index in [0.29, 0.717) is 19.1 Å². The average molecular weight is 313 g/mol. The number of fused-ring (bicyclic) bond motifs is 1. The molecule has 0 aliphatic carbocycles. The van der Waals surface area contributed by atoms with E-state index >= 15 is 0 Å². The highest BCUT2D eigenvalue weighted by molar-refractivity contribution is 7.12. The van der Waals surface area contributed by atoms with Crippen molar-refractivity contribution in [1.29, 1.82) is 0 Å². The molecule has 1 aliphatic heterocycles. The highest BCUT2D eigenvalue weighted by atomic mass is 32.1. The van der Waals surface area contributed by atoms with Gasteiger partial charge in [0, 0.05) is 26.2 Å². The van der Waals surface area contributed by atoms with E-state index in [9.17, 15) is 4.79 Å². The number of para-hydroxylation sites is 2. The summed E-state index contributed by atoms with van der Waals surface area (Å²) in [6, 6.07) is 12.2. The lowest BCUT2D eigenvalue weighted by Crippen LogP contribution is -2.48. The Morgan fingerprint density at radius 3 is 2.64 bits per heavy atom. The van der Waals surface area contributed by atoms with Crippen molar-refractivity contribution in [1.82, 2.24) is 9.88 Å². The lowest BCUT2D eigenvalue weighted by atomic mass is 10.3. The van der Waals surface area contributed by atoms with Crippen LogP contribution in [0.2, 0.25) is 0 Å². The molecule has 0 spiro atoms. The largest absolute Gasteiger partial charge is 0.423 e. The first-order valence-electron chi connectivity index (χ1n) is 7.24. The van der Waals surface area contributed by atoms with Crippen molar-refractivity contribution in [2.24, 2.45) is 0 Å². The molecule has 1 amide bonds. The van der Waals surface area contributed by atoms with Crippen LogP contribution < -0.4 is 4.90 Å². The quantitative estimate of drug-likeness (QED) is 0.730. The number of rotatable bonds is 2. The van der Waals surface area contributed by atoms with Gasteiger partial charge >= 0.3 is 0 Å². The summed E-state index contributed by atoms with van der Waals surface area (Å²) >= 11 is 1.49. The molecule has 112 valence electrons. The minimum absolute atomic E-state index is 0.118. The van der Waals surface area contributed by atoms with E-state index in [4.69, 9.17) is 4.42 Å². The van der Waals surface area contributed by atoms with Crippen molar-refractivity contribution < 1.29 is 9.21 Å². The minimum Gasteiger partial charge on any atom is -0.423 e. The summed E-state index contributed by atoms with van der Waals surface area (Å²) in [7, 11) is 0. The summed E-state index contributed by atoms with van der Waals surface area (Å²) < 4.78 is 5.79. The van der Waals surface area contributed by atoms with Gasteiger partial charge in [0.05, 0.1) is 4.88 Å². The van der Waals surface area contributed by atoms with Gasteiger partial charge in [-0.05, 0) is 23.6 Å². The van der Waals surface area contributed by atoms with Crippen LogP contribution in [-0.4, -0.2) is 42.0 Å². The fourth-order valence-electron chi connectivity index (χ4n) is 2.65. The molecule has 3 heterocycles. The van der Waals surface area contributed by atoms with Gasteiger partial charge in [-0.1, -0.05) is 18.2 Å². The van der Waals surface area contributed by atoms with Gasteiger partial charge in [-0.15, -0.1) is 11.3 Å². The molecule has 0 saturated carbocycles. The van der Waals surface area contributed by atoms with E-state index in [1.165, 1.54) is 11.3 Å². The SMILES string of the molecule is O=C(c1cccs1)N1CCN(c2nc3ccccc3o2)CC1. The predicted octanol–water partition coefficient (Wildman–Crippen LogP) is 2.85. The van der Waals surface area contributed by atoms with E-state index < -0.39 is 0 Å². The first-order valence-corrected chi connectivity index (χ1v) is 8.12. The number of aromatic nitrogens is 1. The summed E-state index contributed by atoms with van der Waals surface area (Å²) in [5, 5.41) is 1.93. The van der Waals surface area contributed by atoms with Crippen molar-refractivity contribution in [3.63, 3.8) is 0 Å². The van der Waals surface area contributed by atoms with Gasteiger partial charge in [-0.3, -0.25) is 4.79 Å². The van der Waals surface area contributed by atoms with Crippen LogP contribution in [0, 0.1) is 0 Å². The minimum atomic E-state index is 0.118. The number of benzene rings is 1. The zero-order valence-electron chi connectivity index (χ0n) is 11.9. The van der Waals surface area contributed by atoms with E-state index in [1.54, 1.807) is 0 Å². The molecule has 4 rings (SSSR count). The van der Waals surface area contributed by atoms with Crippen LogP contribution in [0.15, 0.2) is 46.2 Å². The van der Waals surface area contributed by atoms with Gasteiger partial charge in [-0.25, -0.2) is 0 Å². The number of hydrogen-bond acceptors (Lipinski definition) is 5. The molecule has 0 N–H and O–H groups in total. The summed E-state index contributed by atoms with van der Waals surface area (Å²) in [5.74, 6) is 0.118. The lowest BCUT2D eigenvalue weighted by Gasteiger charge is -2.33. The van der Waals surface area contributed by atoms with Crippen molar-refractivity contribution in [3.8, 4) is 0 Å². The molecule has 5 nitrogen and oxygen atoms in total. The first-order chi connectivity index (χ1) is 10.8. The maximum Gasteiger partial charge on any atom is 0.298 e. The van der Waals surface area contributed by atoms with Crippen molar-refractivity contribution in [2.45, 2.75) is 0 Å². The van der Waals surface area contributed by atoms with E-state index in [2.05, 4.69) is 9.88 Å². The number of carbonyl (C=O) groups excluding carboxylic acids is 1. The molecule has 1 saturated heterocycles. The maximum absolute atomic E-state index is 12.3. The van der Waals surface area contributed by atoms with Crippen LogP contribution in [0.1, 0.15) is 9.67 Å². The van der Waals surface area contributed by atoms with Gasteiger partial charge in [0.25, 0.3) is 11.9 Å². The second-order valence-corrected chi connectivity index (χ2v) is 6.17. The Kier molecular flexibility index (Phi) is 3.31. The topological polar surface area (TPSA) is 49.6 Å². The number of hydrogen-bond donors (Lipinski definition) is 0. The molecule has 6 heteroatoms. The van der Waals surface area contributed by atoms with Crippen LogP contribution >= 0.6 is 11.3 Å². The third kappa shape index (κ3) is 2.35. The Balaban J connectivity index is 1.46. The summed E-state index contributed by atoms with van der Waals surface area (Å²) in [6.07, 6.45) is 0. The van der Waals surface area contributed by atoms with Crippen molar-refractivity contribution in [2.75, 3.05) is 31.1 Å². The van der Waals surface area contributed by atoms with Crippen LogP contribution in [-0.2, 0) is 0 Å². The van der Waals surface area contributed by atoms with Crippen molar-refractivity contribution in [3.05, 3.63) is 46.7 Å². The van der Waals surface area contributed by atoms with E-state index in [1.807, 2.05) is 46.7 Å². The number of nitrogens with zero attached hydrogens (tertiary/aromatic N) is 3. The van der Waals surface area contributed by atoms with Gasteiger partial charge in [0.1, 0.15) is 5.52 Å². The predicted molar refractivity (Wildman–Crippen MR) is 86.4 cm³/mol. The van der Waals surface area contributed by atoms with Gasteiger partial charge in [0.2, 0.25) is 0 Å². The van der Waals surface area contributed by atoms with E-state index in [0.717, 1.165) is 29.1 Å². The highest BCUT2D eigenvalue weighted by Crippen LogP contribution is 2.23. The fraction of sp³-hybridized carbons (Fsp3) is 0.250. The number of anilines is 1. The molecule has 0 radical (unpaired) electrons. The summed E-state index contributed by atoms with van der Waals surface area (Å²) in [4.78, 5) is 21.6. The van der Waals surface area contributed by atoms with Crippen LogP contribution in [0.5, 0.6) is 0 Å². The maximum atomic E-state index is 12.3. The molecule has 2 aromatic heterocycles. The molecule has 1 aliphatic rings. The van der Waals surface area contributed by atoms with Crippen LogP contribution in [0.25, 0.3) is 11.1 Å². The van der Waals surface area contributed by atoms with Crippen LogP contribution in [0.3, 0.4) is 0 Å². The highest BCUT2D eigenvalue weighted by Gasteiger charge is 2.25. The molecule has 1 aromatic carbocycles. The average Bonchev–Trinajstić information content (AvgIpc) is 3.23. The molecular weight excluding hydrogens is 298 g/mol. The summed E-state index contributed by atoms with van der Waals surface area (Å²) in [5.41, 5.74) is 1.67. The normalized spacial score (nSPS) is 15.5. The van der Waals surface area contributed by atoms with Crippen LogP contribution in [0.4, 0.5) is 6.01 Å². The summed E-state index contributed by atoms with van der Waals surface area (Å²) in [6.45, 7) is 2.86. The lowest BCUT2D eigenvalue weighted by molar-refractivity contribution is 0.0750. The molecule has 22 heavy (non-hydrogen) atoms. The molecule has 1 fully saturated rings. The molecule has 0 unspecified atom stereocenters. The smallest absolute Gasteiger partial charge is 0.298 e. The van der Waals surface area contributed by atoms with Crippen molar-refractivity contribution >= 4 is 34.4 Å². The zero-order valence-corrected chi connectivity index (χ0v) is 12.8.